The lowest BCUT2D eigenvalue weighted by Gasteiger charge is -2.25. The van der Waals surface area contributed by atoms with E-state index < -0.39 is 18.0 Å². The molecule has 1 aromatic heterocycles. The lowest BCUT2D eigenvalue weighted by molar-refractivity contribution is -0.138. The van der Waals surface area contributed by atoms with Gasteiger partial charge < -0.3 is 14.6 Å². The van der Waals surface area contributed by atoms with E-state index in [1.165, 1.54) is 17.4 Å². The van der Waals surface area contributed by atoms with Crippen LogP contribution in [-0.2, 0) is 16.1 Å². The standard InChI is InChI=1S/C36H28N2O6S/c1-2-43-35(42)30-31(25-11-5-3-6-12-25)37-36-38(32(30)26-13-7-4-8-14-26)33(39)29(45-36)21-23-16-18-28(19-17-23)44-22-24-10-9-15-27(20-24)34(40)41/h3-21,32H,2,22H2,1H3,(H,40,41)/b29-21-/t32-/m1/s1. The number of benzene rings is 4. The van der Waals surface area contributed by atoms with E-state index in [0.29, 0.717) is 26.4 Å². The predicted octanol–water partition coefficient (Wildman–Crippen LogP) is 5.21. The normalized spacial score (nSPS) is 14.4. The highest BCUT2D eigenvalue weighted by Gasteiger charge is 2.35. The summed E-state index contributed by atoms with van der Waals surface area (Å²) >= 11 is 1.26. The van der Waals surface area contributed by atoms with Crippen molar-refractivity contribution in [2.45, 2.75) is 19.6 Å². The van der Waals surface area contributed by atoms with Crippen LogP contribution in [0.3, 0.4) is 0 Å². The Kier molecular flexibility index (Phi) is 8.52. The molecule has 0 spiro atoms. The number of esters is 1. The van der Waals surface area contributed by atoms with Crippen LogP contribution in [0, 0.1) is 0 Å². The van der Waals surface area contributed by atoms with Crippen molar-refractivity contribution < 1.29 is 24.2 Å². The van der Waals surface area contributed by atoms with Crippen molar-refractivity contribution in [2.75, 3.05) is 6.61 Å². The molecule has 1 atom stereocenters. The molecule has 1 aliphatic rings. The smallest absolute Gasteiger partial charge is 0.338 e. The van der Waals surface area contributed by atoms with Crippen molar-refractivity contribution >= 4 is 35.0 Å². The summed E-state index contributed by atoms with van der Waals surface area (Å²) < 4.78 is 13.4. The van der Waals surface area contributed by atoms with E-state index in [-0.39, 0.29) is 24.3 Å². The average Bonchev–Trinajstić information content (AvgIpc) is 3.38. The molecule has 1 aliphatic heterocycles. The van der Waals surface area contributed by atoms with Crippen LogP contribution in [0.5, 0.6) is 5.75 Å². The molecule has 1 N–H and O–H groups in total. The summed E-state index contributed by atoms with van der Waals surface area (Å²) in [7, 11) is 0. The number of carboxylic acids is 1. The van der Waals surface area contributed by atoms with E-state index in [1.54, 1.807) is 47.9 Å². The monoisotopic (exact) mass is 616 g/mol. The fraction of sp³-hybridized carbons (Fsp3) is 0.111. The topological polar surface area (TPSA) is 107 Å². The number of nitrogens with zero attached hydrogens (tertiary/aromatic N) is 2. The first kappa shape index (κ1) is 29.5. The molecular formula is C36H28N2O6S. The van der Waals surface area contributed by atoms with Gasteiger partial charge in [-0.15, -0.1) is 0 Å². The van der Waals surface area contributed by atoms with Crippen LogP contribution in [0.15, 0.2) is 125 Å². The molecule has 224 valence electrons. The third kappa shape index (κ3) is 6.25. The fourth-order valence-electron chi connectivity index (χ4n) is 5.16. The van der Waals surface area contributed by atoms with Gasteiger partial charge in [-0.2, -0.15) is 0 Å². The van der Waals surface area contributed by atoms with Crippen molar-refractivity contribution in [1.29, 1.82) is 0 Å². The zero-order chi connectivity index (χ0) is 31.3. The summed E-state index contributed by atoms with van der Waals surface area (Å²) in [6, 6.07) is 32.0. The maximum Gasteiger partial charge on any atom is 0.338 e. The fourth-order valence-corrected chi connectivity index (χ4v) is 6.16. The first-order valence-corrected chi connectivity index (χ1v) is 15.1. The van der Waals surface area contributed by atoms with E-state index in [4.69, 9.17) is 14.5 Å². The van der Waals surface area contributed by atoms with Gasteiger partial charge in [-0.05, 0) is 54.0 Å². The molecule has 0 aliphatic carbocycles. The molecule has 6 rings (SSSR count). The first-order chi connectivity index (χ1) is 21.9. The molecular weight excluding hydrogens is 588 g/mol. The van der Waals surface area contributed by atoms with Gasteiger partial charge >= 0.3 is 11.9 Å². The quantitative estimate of drug-likeness (QED) is 0.228. The highest BCUT2D eigenvalue weighted by Crippen LogP contribution is 2.35. The zero-order valence-corrected chi connectivity index (χ0v) is 25.1. The number of hydrogen-bond acceptors (Lipinski definition) is 7. The number of carbonyl (C=O) groups is 2. The van der Waals surface area contributed by atoms with E-state index in [1.807, 2.05) is 72.8 Å². The van der Waals surface area contributed by atoms with Crippen molar-refractivity contribution in [3.63, 3.8) is 0 Å². The van der Waals surface area contributed by atoms with Gasteiger partial charge in [-0.3, -0.25) is 9.36 Å². The number of hydrogen-bond donors (Lipinski definition) is 1. The third-order valence-electron chi connectivity index (χ3n) is 7.25. The summed E-state index contributed by atoms with van der Waals surface area (Å²) in [5.74, 6) is -0.909. The van der Waals surface area contributed by atoms with Crippen LogP contribution in [-0.4, -0.2) is 28.2 Å². The van der Waals surface area contributed by atoms with E-state index in [0.717, 1.165) is 22.3 Å². The number of thiazole rings is 1. The lowest BCUT2D eigenvalue weighted by Crippen LogP contribution is -2.39. The number of ether oxygens (including phenoxy) is 2. The highest BCUT2D eigenvalue weighted by atomic mass is 32.1. The van der Waals surface area contributed by atoms with Gasteiger partial charge in [0.25, 0.3) is 5.56 Å². The Morgan fingerprint density at radius 3 is 2.33 bits per heavy atom. The number of aromatic carboxylic acids is 1. The Hall–Kier alpha value is -5.54. The van der Waals surface area contributed by atoms with E-state index >= 15 is 0 Å². The van der Waals surface area contributed by atoms with Gasteiger partial charge in [0.2, 0.25) is 0 Å². The summed E-state index contributed by atoms with van der Waals surface area (Å²) in [5.41, 5.74) is 3.77. The predicted molar refractivity (Wildman–Crippen MR) is 172 cm³/mol. The van der Waals surface area contributed by atoms with Gasteiger partial charge in [0.1, 0.15) is 12.4 Å². The van der Waals surface area contributed by atoms with Crippen LogP contribution >= 0.6 is 11.3 Å². The molecule has 45 heavy (non-hydrogen) atoms. The Morgan fingerprint density at radius 2 is 1.64 bits per heavy atom. The maximum absolute atomic E-state index is 14.0. The van der Waals surface area contributed by atoms with Gasteiger partial charge in [0.15, 0.2) is 4.80 Å². The van der Waals surface area contributed by atoms with Crippen LogP contribution in [0.2, 0.25) is 0 Å². The second-order valence-corrected chi connectivity index (χ2v) is 11.2. The number of aromatic nitrogens is 1. The van der Waals surface area contributed by atoms with Crippen molar-refractivity contribution in [3.8, 4) is 5.75 Å². The minimum Gasteiger partial charge on any atom is -0.489 e. The molecule has 4 aromatic carbocycles. The Bertz CT molecular complexity index is 2080. The largest absolute Gasteiger partial charge is 0.489 e. The first-order valence-electron chi connectivity index (χ1n) is 14.3. The second kappa shape index (κ2) is 13.0. The minimum atomic E-state index is -0.991. The second-order valence-electron chi connectivity index (χ2n) is 10.2. The third-order valence-corrected chi connectivity index (χ3v) is 8.23. The number of rotatable bonds is 9. The molecule has 0 unspecified atom stereocenters. The van der Waals surface area contributed by atoms with Gasteiger partial charge in [-0.1, -0.05) is 96.3 Å². The SMILES string of the molecule is CCOC(=O)C1=C(c2ccccc2)N=c2s/c(=C\c3ccc(OCc4cccc(C(=O)O)c4)cc3)c(=O)n2[C@@H]1c1ccccc1. The Morgan fingerprint density at radius 1 is 0.933 bits per heavy atom. The molecule has 0 saturated carbocycles. The van der Waals surface area contributed by atoms with Crippen LogP contribution < -0.4 is 19.6 Å². The van der Waals surface area contributed by atoms with Crippen molar-refractivity contribution in [2.24, 2.45) is 4.99 Å². The van der Waals surface area contributed by atoms with E-state index in [9.17, 15) is 19.5 Å². The number of carboxylic acid groups (broad SMARTS) is 1. The summed E-state index contributed by atoms with van der Waals surface area (Å²) in [6.07, 6.45) is 1.79. The molecule has 0 radical (unpaired) electrons. The minimum absolute atomic E-state index is 0.185. The zero-order valence-electron chi connectivity index (χ0n) is 24.3. The van der Waals surface area contributed by atoms with E-state index in [2.05, 4.69) is 0 Å². The van der Waals surface area contributed by atoms with Gasteiger partial charge in [0, 0.05) is 5.56 Å². The molecule has 0 fully saturated rings. The lowest BCUT2D eigenvalue weighted by atomic mass is 9.93. The maximum atomic E-state index is 14.0. The Balaban J connectivity index is 1.39. The molecule has 0 bridgehead atoms. The summed E-state index contributed by atoms with van der Waals surface area (Å²) in [5, 5.41) is 9.22. The van der Waals surface area contributed by atoms with Crippen molar-refractivity contribution in [3.05, 3.63) is 162 Å². The van der Waals surface area contributed by atoms with Crippen LogP contribution in [0.25, 0.3) is 11.8 Å². The van der Waals surface area contributed by atoms with Crippen LogP contribution in [0.1, 0.15) is 45.6 Å². The molecule has 9 heteroatoms. The van der Waals surface area contributed by atoms with Crippen LogP contribution in [0.4, 0.5) is 0 Å². The van der Waals surface area contributed by atoms with Crippen molar-refractivity contribution in [1.82, 2.24) is 4.57 Å². The molecule has 8 nitrogen and oxygen atoms in total. The highest BCUT2D eigenvalue weighted by molar-refractivity contribution is 7.07. The Labute approximate surface area is 262 Å². The summed E-state index contributed by atoms with van der Waals surface area (Å²) in [4.78, 5) is 44.1. The molecule has 2 heterocycles. The molecule has 0 saturated heterocycles. The molecule has 0 amide bonds. The molecule has 5 aromatic rings. The van der Waals surface area contributed by atoms with Gasteiger partial charge in [-0.25, -0.2) is 14.6 Å². The van der Waals surface area contributed by atoms with Gasteiger partial charge in [0.05, 0.1) is 34.0 Å². The number of fused-ring (bicyclic) bond motifs is 1. The summed E-state index contributed by atoms with van der Waals surface area (Å²) in [6.45, 7) is 2.15. The average molecular weight is 617 g/mol. The number of carbonyl (C=O) groups excluding carboxylic acids is 1.